The minimum Gasteiger partial charge on any atom is -0.363 e. The first-order valence-corrected chi connectivity index (χ1v) is 11.1. The van der Waals surface area contributed by atoms with Crippen molar-refractivity contribution in [3.05, 3.63) is 95.4 Å². The monoisotopic (exact) mass is 480 g/mol. The predicted octanol–water partition coefficient (Wildman–Crippen LogP) is 5.35. The number of hydrogen-bond donors (Lipinski definition) is 2. The van der Waals surface area contributed by atoms with Crippen LogP contribution in [0.2, 0.25) is 0 Å². The quantitative estimate of drug-likeness (QED) is 0.404. The van der Waals surface area contributed by atoms with Crippen LogP contribution in [-0.4, -0.2) is 31.6 Å². The second-order valence-electron chi connectivity index (χ2n) is 8.57. The van der Waals surface area contributed by atoms with Gasteiger partial charge in [-0.1, -0.05) is 54.6 Å². The topological polar surface area (TPSA) is 76.8 Å². The lowest BCUT2D eigenvalue weighted by Crippen LogP contribution is -2.35. The van der Waals surface area contributed by atoms with Crippen LogP contribution in [0.3, 0.4) is 0 Å². The van der Waals surface area contributed by atoms with Gasteiger partial charge in [0, 0.05) is 18.7 Å². The second kappa shape index (κ2) is 8.94. The Morgan fingerprint density at radius 1 is 1.14 bits per heavy atom. The van der Waals surface area contributed by atoms with Crippen LogP contribution in [0.4, 0.5) is 24.7 Å². The van der Waals surface area contributed by atoms with Gasteiger partial charge in [0.1, 0.15) is 5.82 Å². The zero-order chi connectivity index (χ0) is 24.6. The number of benzene rings is 2. The molecular formula is C25H23F3N6O. The highest BCUT2D eigenvalue weighted by Gasteiger charge is 2.46. The average molecular weight is 480 g/mol. The van der Waals surface area contributed by atoms with Gasteiger partial charge < -0.3 is 10.6 Å². The molecule has 0 spiro atoms. The maximum absolute atomic E-state index is 13.9. The molecule has 2 aromatic carbocycles. The van der Waals surface area contributed by atoms with Crippen molar-refractivity contribution in [3.63, 3.8) is 0 Å². The Labute approximate surface area is 199 Å². The van der Waals surface area contributed by atoms with E-state index in [2.05, 4.69) is 20.8 Å². The molecular weight excluding hydrogens is 457 g/mol. The molecule has 0 fully saturated rings. The van der Waals surface area contributed by atoms with Crippen molar-refractivity contribution < 1.29 is 18.0 Å². The van der Waals surface area contributed by atoms with Gasteiger partial charge in [-0.3, -0.25) is 9.48 Å². The van der Waals surface area contributed by atoms with Gasteiger partial charge in [-0.2, -0.15) is 23.4 Å². The lowest BCUT2D eigenvalue weighted by atomic mass is 9.97. The summed E-state index contributed by atoms with van der Waals surface area (Å²) >= 11 is 0. The molecule has 2 N–H and O–H groups in total. The number of nitrogens with one attached hydrogen (secondary N) is 2. The Kier molecular flexibility index (Phi) is 5.80. The van der Waals surface area contributed by atoms with E-state index in [1.54, 1.807) is 35.1 Å². The molecule has 0 bridgehead atoms. The number of amides is 1. The Balaban J connectivity index is 1.35. The van der Waals surface area contributed by atoms with Crippen LogP contribution in [0, 0.1) is 6.92 Å². The Morgan fingerprint density at radius 3 is 2.63 bits per heavy atom. The number of halogens is 3. The number of nitrogens with zero attached hydrogens (tertiary/aromatic N) is 4. The van der Waals surface area contributed by atoms with Crippen LogP contribution in [0.15, 0.2) is 73.1 Å². The summed E-state index contributed by atoms with van der Waals surface area (Å²) in [6, 6.07) is 15.8. The molecule has 2 aromatic heterocycles. The van der Waals surface area contributed by atoms with Gasteiger partial charge in [0.15, 0.2) is 11.7 Å². The molecule has 2 atom stereocenters. The third kappa shape index (κ3) is 4.77. The Bertz CT molecular complexity index is 1340. The number of fused-ring (bicyclic) bond motifs is 1. The molecule has 10 heteroatoms. The predicted molar refractivity (Wildman–Crippen MR) is 125 cm³/mol. The Morgan fingerprint density at radius 2 is 1.89 bits per heavy atom. The molecule has 5 rings (SSSR count). The average Bonchev–Trinajstić information content (AvgIpc) is 3.46. The number of aromatic nitrogens is 4. The number of rotatable bonds is 5. The largest absolute Gasteiger partial charge is 0.410 e. The van der Waals surface area contributed by atoms with E-state index in [9.17, 15) is 18.0 Å². The molecule has 180 valence electrons. The highest BCUT2D eigenvalue weighted by Crippen LogP contribution is 2.43. The number of anilines is 2. The molecule has 1 amide bonds. The van der Waals surface area contributed by atoms with Crippen molar-refractivity contribution in [3.8, 4) is 0 Å². The zero-order valence-corrected chi connectivity index (χ0v) is 18.8. The smallest absolute Gasteiger partial charge is 0.363 e. The zero-order valence-electron chi connectivity index (χ0n) is 18.8. The Hall–Kier alpha value is -4.08. The summed E-state index contributed by atoms with van der Waals surface area (Å²) in [6.45, 7) is 2.53. The first-order chi connectivity index (χ1) is 16.8. The summed E-state index contributed by atoms with van der Waals surface area (Å²) in [5, 5.41) is 14.0. The lowest BCUT2D eigenvalue weighted by molar-refractivity contribution is -0.173. The second-order valence-corrected chi connectivity index (χ2v) is 8.57. The van der Waals surface area contributed by atoms with Crippen LogP contribution in [0.5, 0.6) is 0 Å². The van der Waals surface area contributed by atoms with Crippen molar-refractivity contribution in [1.82, 2.24) is 19.6 Å². The van der Waals surface area contributed by atoms with E-state index in [1.165, 1.54) is 12.3 Å². The molecule has 0 aliphatic carbocycles. The van der Waals surface area contributed by atoms with Gasteiger partial charge in [-0.25, -0.2) is 4.68 Å². The van der Waals surface area contributed by atoms with Gasteiger partial charge in [-0.05, 0) is 23.6 Å². The van der Waals surface area contributed by atoms with E-state index in [0.717, 1.165) is 21.4 Å². The van der Waals surface area contributed by atoms with Crippen LogP contribution >= 0.6 is 0 Å². The van der Waals surface area contributed by atoms with Gasteiger partial charge >= 0.3 is 6.18 Å². The number of aryl methyl sites for hydroxylation is 1. The fraction of sp³-hybridized carbons (Fsp3) is 0.240. The highest BCUT2D eigenvalue weighted by molar-refractivity contribution is 6.03. The van der Waals surface area contributed by atoms with Crippen molar-refractivity contribution in [1.29, 1.82) is 0 Å². The number of carbonyl (C=O) groups is 1. The fourth-order valence-electron chi connectivity index (χ4n) is 4.26. The number of alkyl halides is 3. The van der Waals surface area contributed by atoms with Crippen LogP contribution in [-0.2, 0) is 6.54 Å². The van der Waals surface area contributed by atoms with Crippen LogP contribution in [0.25, 0.3) is 0 Å². The first kappa shape index (κ1) is 22.7. The number of carbonyl (C=O) groups excluding carboxylic acids is 1. The molecule has 7 nitrogen and oxygen atoms in total. The lowest BCUT2D eigenvalue weighted by Gasteiger charge is -2.33. The van der Waals surface area contributed by atoms with E-state index in [1.807, 2.05) is 37.3 Å². The molecule has 1 aliphatic heterocycles. The minimum absolute atomic E-state index is 0.109. The molecule has 0 saturated heterocycles. The molecule has 0 saturated carbocycles. The standard InChI is InChI=1S/C25H23F3N6O/c1-16-7-5-6-10-18(16)14-33-15-19(13-29-33)30-24(35)21-12-23-31-20(17-8-3-2-4-9-17)11-22(25(26,27)28)34(23)32-21/h2-10,12-13,15,20,22,31H,11,14H2,1H3,(H,30,35). The summed E-state index contributed by atoms with van der Waals surface area (Å²) in [6.07, 6.45) is -1.58. The summed E-state index contributed by atoms with van der Waals surface area (Å²) in [4.78, 5) is 12.8. The molecule has 0 radical (unpaired) electrons. The summed E-state index contributed by atoms with van der Waals surface area (Å²) in [5.74, 6) is -0.464. The summed E-state index contributed by atoms with van der Waals surface area (Å²) in [5.41, 5.74) is 3.27. The number of hydrogen-bond acceptors (Lipinski definition) is 4. The molecule has 4 aromatic rings. The van der Waals surface area contributed by atoms with Crippen molar-refractivity contribution in [2.75, 3.05) is 10.6 Å². The van der Waals surface area contributed by atoms with Gasteiger partial charge in [-0.15, -0.1) is 0 Å². The first-order valence-electron chi connectivity index (χ1n) is 11.1. The molecule has 35 heavy (non-hydrogen) atoms. The van der Waals surface area contributed by atoms with Crippen LogP contribution in [0.1, 0.15) is 45.7 Å². The third-order valence-corrected chi connectivity index (χ3v) is 6.11. The summed E-state index contributed by atoms with van der Waals surface area (Å²) < 4.78 is 44.2. The van der Waals surface area contributed by atoms with Gasteiger partial charge in [0.2, 0.25) is 0 Å². The third-order valence-electron chi connectivity index (χ3n) is 6.11. The van der Waals surface area contributed by atoms with Crippen molar-refractivity contribution in [2.24, 2.45) is 0 Å². The molecule has 1 aliphatic rings. The van der Waals surface area contributed by atoms with E-state index in [4.69, 9.17) is 0 Å². The maximum Gasteiger partial charge on any atom is 0.410 e. The molecule has 3 heterocycles. The molecule has 2 unspecified atom stereocenters. The van der Waals surface area contributed by atoms with Crippen molar-refractivity contribution >= 4 is 17.4 Å². The van der Waals surface area contributed by atoms with Crippen molar-refractivity contribution in [2.45, 2.75) is 38.1 Å². The van der Waals surface area contributed by atoms with E-state index in [-0.39, 0.29) is 17.9 Å². The highest BCUT2D eigenvalue weighted by atomic mass is 19.4. The van der Waals surface area contributed by atoms with E-state index >= 15 is 0 Å². The fourth-order valence-corrected chi connectivity index (χ4v) is 4.26. The van der Waals surface area contributed by atoms with E-state index < -0.39 is 24.2 Å². The van der Waals surface area contributed by atoms with Crippen LogP contribution < -0.4 is 10.6 Å². The summed E-state index contributed by atoms with van der Waals surface area (Å²) in [7, 11) is 0. The maximum atomic E-state index is 13.9. The minimum atomic E-state index is -4.51. The van der Waals surface area contributed by atoms with E-state index in [0.29, 0.717) is 12.2 Å². The normalized spacial score (nSPS) is 17.5. The van der Waals surface area contributed by atoms with Gasteiger partial charge in [0.05, 0.1) is 24.5 Å². The SMILES string of the molecule is Cc1ccccc1Cn1cc(NC(=O)c2cc3n(n2)C(C(F)(F)F)CC(c2ccccc2)N3)cn1. The van der Waals surface area contributed by atoms with Gasteiger partial charge in [0.25, 0.3) is 5.91 Å².